The predicted octanol–water partition coefficient (Wildman–Crippen LogP) is 5.34. The van der Waals surface area contributed by atoms with Gasteiger partial charge in [0.15, 0.2) is 5.82 Å². The van der Waals surface area contributed by atoms with E-state index in [1.807, 2.05) is 13.8 Å². The fraction of sp³-hybridized carbons (Fsp3) is 0.100. The Morgan fingerprint density at radius 3 is 2.17 bits per heavy atom. The molecule has 0 radical (unpaired) electrons. The number of anilines is 3. The summed E-state index contributed by atoms with van der Waals surface area (Å²) in [7, 11) is 2.39. The number of aryl methyl sites for hydroxylation is 2. The lowest BCUT2D eigenvalue weighted by atomic mass is 10.1. The first-order chi connectivity index (χ1) is 13.9. The van der Waals surface area contributed by atoms with E-state index in [2.05, 4.69) is 57.8 Å². The topological polar surface area (TPSA) is 107 Å². The van der Waals surface area contributed by atoms with E-state index in [9.17, 15) is 0 Å². The maximum atomic E-state index is 9.13. The van der Waals surface area contributed by atoms with E-state index < -0.39 is 0 Å². The van der Waals surface area contributed by atoms with Crippen molar-refractivity contribution in [1.82, 2.24) is 9.97 Å². The summed E-state index contributed by atoms with van der Waals surface area (Å²) in [5.41, 5.74) is 3.53. The van der Waals surface area contributed by atoms with Gasteiger partial charge in [-0.3, -0.25) is 0 Å². The SMILES string of the molecule is Cc1cc(C#N)cc(C)c1Oc1nc(Nc2ccc(C#N)cc2)nc(NP)c1Br. The number of hydrogen-bond acceptors (Lipinski definition) is 7. The number of ether oxygens (including phenoxy) is 1. The molecule has 0 saturated heterocycles. The van der Waals surface area contributed by atoms with Gasteiger partial charge in [-0.25, -0.2) is 0 Å². The second kappa shape index (κ2) is 8.87. The lowest BCUT2D eigenvalue weighted by Gasteiger charge is -2.15. The minimum Gasteiger partial charge on any atom is -0.437 e. The maximum absolute atomic E-state index is 9.13. The van der Waals surface area contributed by atoms with E-state index in [0.717, 1.165) is 16.8 Å². The zero-order valence-corrected chi connectivity index (χ0v) is 18.4. The zero-order chi connectivity index (χ0) is 21.0. The normalized spacial score (nSPS) is 10.0. The molecule has 3 aromatic rings. The van der Waals surface area contributed by atoms with Gasteiger partial charge in [-0.1, -0.05) is 0 Å². The third-order valence-electron chi connectivity index (χ3n) is 4.02. The van der Waals surface area contributed by atoms with Crippen molar-refractivity contribution in [2.24, 2.45) is 0 Å². The van der Waals surface area contributed by atoms with Gasteiger partial charge in [-0.15, -0.1) is 0 Å². The molecule has 1 unspecified atom stereocenters. The van der Waals surface area contributed by atoms with Gasteiger partial charge in [0, 0.05) is 5.69 Å². The third-order valence-corrected chi connectivity index (χ3v) is 5.00. The summed E-state index contributed by atoms with van der Waals surface area (Å²) in [5.74, 6) is 1.78. The summed E-state index contributed by atoms with van der Waals surface area (Å²) in [6.07, 6.45) is 0. The molecule has 7 nitrogen and oxygen atoms in total. The molecule has 1 aromatic heterocycles. The fourth-order valence-electron chi connectivity index (χ4n) is 2.68. The molecule has 0 fully saturated rings. The van der Waals surface area contributed by atoms with Crippen LogP contribution in [0.3, 0.4) is 0 Å². The Morgan fingerprint density at radius 2 is 1.62 bits per heavy atom. The van der Waals surface area contributed by atoms with Gasteiger partial charge < -0.3 is 15.1 Å². The molecule has 3 rings (SSSR count). The van der Waals surface area contributed by atoms with Gasteiger partial charge in [-0.2, -0.15) is 20.5 Å². The first kappa shape index (κ1) is 20.5. The molecule has 0 bridgehead atoms. The van der Waals surface area contributed by atoms with Crippen molar-refractivity contribution in [3.8, 4) is 23.8 Å². The van der Waals surface area contributed by atoms with Gasteiger partial charge in [0.1, 0.15) is 10.2 Å². The van der Waals surface area contributed by atoms with Crippen LogP contribution >= 0.6 is 25.3 Å². The molecular weight excluding hydrogens is 451 g/mol. The van der Waals surface area contributed by atoms with Crippen LogP contribution < -0.4 is 15.1 Å². The molecular formula is C20H16BrN6OP. The molecule has 144 valence electrons. The van der Waals surface area contributed by atoms with Gasteiger partial charge >= 0.3 is 0 Å². The Labute approximate surface area is 179 Å². The first-order valence-electron chi connectivity index (χ1n) is 8.45. The summed E-state index contributed by atoms with van der Waals surface area (Å²) in [5, 5.41) is 24.1. The van der Waals surface area contributed by atoms with Crippen LogP contribution in [0.15, 0.2) is 40.9 Å². The summed E-state index contributed by atoms with van der Waals surface area (Å²) in [4.78, 5) is 8.88. The van der Waals surface area contributed by atoms with E-state index in [1.54, 1.807) is 36.4 Å². The molecule has 9 heteroatoms. The van der Waals surface area contributed by atoms with Crippen LogP contribution in [-0.4, -0.2) is 9.97 Å². The van der Waals surface area contributed by atoms with Gasteiger partial charge in [0.2, 0.25) is 11.8 Å². The number of rotatable bonds is 5. The van der Waals surface area contributed by atoms with Crippen LogP contribution in [0, 0.1) is 36.5 Å². The molecule has 0 aliphatic carbocycles. The Kier molecular flexibility index (Phi) is 6.29. The number of benzene rings is 2. The third kappa shape index (κ3) is 4.63. The Balaban J connectivity index is 1.98. The molecule has 0 aliphatic heterocycles. The van der Waals surface area contributed by atoms with E-state index in [4.69, 9.17) is 15.3 Å². The average molecular weight is 467 g/mol. The van der Waals surface area contributed by atoms with Crippen LogP contribution in [-0.2, 0) is 0 Å². The first-order valence-corrected chi connectivity index (χ1v) is 9.82. The number of nitrogens with one attached hydrogen (secondary N) is 2. The highest BCUT2D eigenvalue weighted by molar-refractivity contribution is 9.10. The van der Waals surface area contributed by atoms with Crippen molar-refractivity contribution in [2.45, 2.75) is 13.8 Å². The van der Waals surface area contributed by atoms with Crippen LogP contribution in [0.4, 0.5) is 17.5 Å². The number of nitrogens with zero attached hydrogens (tertiary/aromatic N) is 4. The minimum atomic E-state index is 0.317. The minimum absolute atomic E-state index is 0.317. The van der Waals surface area contributed by atoms with Crippen LogP contribution in [0.1, 0.15) is 22.3 Å². The van der Waals surface area contributed by atoms with Gasteiger partial charge in [0.05, 0.1) is 23.3 Å². The van der Waals surface area contributed by atoms with Crippen molar-refractivity contribution < 1.29 is 4.74 Å². The highest BCUT2D eigenvalue weighted by Crippen LogP contribution is 2.37. The lowest BCUT2D eigenvalue weighted by molar-refractivity contribution is 0.453. The highest BCUT2D eigenvalue weighted by atomic mass is 79.9. The molecule has 0 spiro atoms. The van der Waals surface area contributed by atoms with Crippen molar-refractivity contribution >= 4 is 42.8 Å². The molecule has 0 amide bonds. The summed E-state index contributed by atoms with van der Waals surface area (Å²) in [6.45, 7) is 3.76. The highest BCUT2D eigenvalue weighted by Gasteiger charge is 2.16. The molecule has 29 heavy (non-hydrogen) atoms. The number of hydrogen-bond donors (Lipinski definition) is 2. The molecule has 1 atom stereocenters. The molecule has 0 saturated carbocycles. The van der Waals surface area contributed by atoms with Crippen molar-refractivity contribution in [1.29, 1.82) is 10.5 Å². The van der Waals surface area contributed by atoms with Crippen molar-refractivity contribution in [3.05, 3.63) is 63.1 Å². The Bertz CT molecular complexity index is 1130. The number of nitriles is 2. The lowest BCUT2D eigenvalue weighted by Crippen LogP contribution is -2.03. The quantitative estimate of drug-likeness (QED) is 0.488. The standard InChI is InChI=1S/C20H16BrN6OP/c1-11-7-14(10-23)8-12(2)17(11)28-19-16(21)18(27-29)25-20(26-19)24-15-5-3-13(9-22)4-6-15/h3-8H,29H2,1-2H3,(H2,24,25,26,27). The van der Waals surface area contributed by atoms with E-state index in [0.29, 0.717) is 39.0 Å². The van der Waals surface area contributed by atoms with Crippen LogP contribution in [0.2, 0.25) is 0 Å². The molecule has 1 heterocycles. The predicted molar refractivity (Wildman–Crippen MR) is 118 cm³/mol. The summed E-state index contributed by atoms with van der Waals surface area (Å²) in [6, 6.07) is 14.7. The van der Waals surface area contributed by atoms with Crippen molar-refractivity contribution in [3.63, 3.8) is 0 Å². The molecule has 2 aromatic carbocycles. The Hall–Kier alpha value is -3.19. The molecule has 2 N–H and O–H groups in total. The second-order valence-corrected chi connectivity index (χ2v) is 7.21. The van der Waals surface area contributed by atoms with Crippen molar-refractivity contribution in [2.75, 3.05) is 10.4 Å². The smallest absolute Gasteiger partial charge is 0.240 e. The van der Waals surface area contributed by atoms with E-state index >= 15 is 0 Å². The maximum Gasteiger partial charge on any atom is 0.240 e. The van der Waals surface area contributed by atoms with Crippen LogP contribution in [0.5, 0.6) is 11.6 Å². The van der Waals surface area contributed by atoms with E-state index in [1.165, 1.54) is 0 Å². The molecule has 0 aliphatic rings. The van der Waals surface area contributed by atoms with Gasteiger partial charge in [0.25, 0.3) is 0 Å². The zero-order valence-electron chi connectivity index (χ0n) is 15.6. The Morgan fingerprint density at radius 1 is 1.00 bits per heavy atom. The number of halogens is 1. The monoisotopic (exact) mass is 466 g/mol. The summed E-state index contributed by atoms with van der Waals surface area (Å²) < 4.78 is 6.64. The van der Waals surface area contributed by atoms with Gasteiger partial charge in [-0.05, 0) is 86.7 Å². The average Bonchev–Trinajstić information content (AvgIpc) is 2.72. The van der Waals surface area contributed by atoms with Crippen LogP contribution in [0.25, 0.3) is 0 Å². The summed E-state index contributed by atoms with van der Waals surface area (Å²) >= 11 is 3.47. The largest absolute Gasteiger partial charge is 0.437 e. The second-order valence-electron chi connectivity index (χ2n) is 6.13. The van der Waals surface area contributed by atoms with E-state index in [-0.39, 0.29) is 0 Å². The fourth-order valence-corrected chi connectivity index (χ4v) is 3.47. The number of aromatic nitrogens is 2.